The van der Waals surface area contributed by atoms with E-state index in [2.05, 4.69) is 0 Å². The van der Waals surface area contributed by atoms with Gasteiger partial charge in [-0.3, -0.25) is 4.79 Å². The minimum atomic E-state index is -1.75. The summed E-state index contributed by atoms with van der Waals surface area (Å²) in [5.74, 6) is -4.42. The highest BCUT2D eigenvalue weighted by Gasteiger charge is 2.34. The third-order valence-electron chi connectivity index (χ3n) is 2.36. The Balaban J connectivity index is 2.81. The van der Waals surface area contributed by atoms with Crippen molar-refractivity contribution in [2.45, 2.75) is 24.7 Å². The summed E-state index contributed by atoms with van der Waals surface area (Å²) in [7, 11) is 0. The van der Waals surface area contributed by atoms with E-state index >= 15 is 0 Å². The minimum Gasteiger partial charge on any atom is -0.478 e. The first-order valence-electron chi connectivity index (χ1n) is 4.67. The average Bonchev–Trinajstić information content (AvgIpc) is 2.23. The van der Waals surface area contributed by atoms with Crippen LogP contribution in [0.15, 0.2) is 11.6 Å². The lowest BCUT2D eigenvalue weighted by Gasteiger charge is -2.30. The van der Waals surface area contributed by atoms with E-state index < -0.39 is 36.1 Å². The first kappa shape index (κ1) is 13.1. The van der Waals surface area contributed by atoms with E-state index in [4.69, 9.17) is 10.2 Å². The molecule has 8 nitrogen and oxygen atoms in total. The van der Waals surface area contributed by atoms with Crippen LogP contribution in [-0.4, -0.2) is 56.5 Å². The predicted octanol–water partition coefficient (Wildman–Crippen LogP) is -2.31. The quantitative estimate of drug-likeness (QED) is 0.344. The number of hydrogen-bond acceptors (Lipinski definition) is 5. The molecule has 0 aromatic heterocycles. The molecule has 17 heavy (non-hydrogen) atoms. The molecule has 0 aromatic carbocycles. The molecule has 0 radical (unpaired) electrons. The van der Waals surface area contributed by atoms with E-state index in [1.54, 1.807) is 0 Å². The summed E-state index contributed by atoms with van der Waals surface area (Å²) in [5.41, 5.74) is -0.196. The lowest BCUT2D eigenvalue weighted by molar-refractivity contribution is -0.151. The molecule has 1 aliphatic carbocycles. The molecular formula is C9H11NO7. The summed E-state index contributed by atoms with van der Waals surface area (Å²) in [6.45, 7) is 0. The zero-order valence-electron chi connectivity index (χ0n) is 8.53. The van der Waals surface area contributed by atoms with Gasteiger partial charge in [0.15, 0.2) is 0 Å². The fourth-order valence-electron chi connectivity index (χ4n) is 1.49. The number of aliphatic carboxylic acids is 2. The number of hydrogen-bond donors (Lipinski definition) is 5. The van der Waals surface area contributed by atoms with Crippen LogP contribution < -0.4 is 5.32 Å². The highest BCUT2D eigenvalue weighted by atomic mass is 16.4. The van der Waals surface area contributed by atoms with E-state index in [0.29, 0.717) is 0 Å². The number of carboxylic acids is 2. The van der Waals surface area contributed by atoms with Gasteiger partial charge in [0.1, 0.15) is 12.2 Å². The first-order valence-corrected chi connectivity index (χ1v) is 4.67. The highest BCUT2D eigenvalue weighted by Crippen LogP contribution is 2.19. The molecule has 0 aromatic rings. The lowest BCUT2D eigenvalue weighted by atomic mass is 9.90. The molecule has 0 bridgehead atoms. The van der Waals surface area contributed by atoms with Crippen molar-refractivity contribution in [1.82, 2.24) is 5.32 Å². The number of aliphatic hydroxyl groups excluding tert-OH is 2. The van der Waals surface area contributed by atoms with Crippen LogP contribution in [0.3, 0.4) is 0 Å². The van der Waals surface area contributed by atoms with Crippen molar-refractivity contribution in [3.05, 3.63) is 11.6 Å². The number of aliphatic hydroxyl groups is 2. The predicted molar refractivity (Wildman–Crippen MR) is 51.9 cm³/mol. The Labute approximate surface area is 95.2 Å². The van der Waals surface area contributed by atoms with Gasteiger partial charge in [-0.2, -0.15) is 0 Å². The van der Waals surface area contributed by atoms with Gasteiger partial charge in [-0.25, -0.2) is 9.59 Å². The van der Waals surface area contributed by atoms with Gasteiger partial charge in [0.05, 0.1) is 6.04 Å². The molecule has 8 heteroatoms. The molecule has 0 spiro atoms. The third-order valence-corrected chi connectivity index (χ3v) is 2.36. The summed E-state index contributed by atoms with van der Waals surface area (Å²) in [4.78, 5) is 31.8. The Morgan fingerprint density at radius 3 is 2.29 bits per heavy atom. The summed E-state index contributed by atoms with van der Waals surface area (Å²) < 4.78 is 0. The number of carbonyl (C=O) groups excluding carboxylic acids is 1. The maximum absolute atomic E-state index is 10.9. The summed E-state index contributed by atoms with van der Waals surface area (Å²) >= 11 is 0. The van der Waals surface area contributed by atoms with Gasteiger partial charge in [-0.05, 0) is 6.08 Å². The molecule has 0 fully saturated rings. The second-order valence-electron chi connectivity index (χ2n) is 3.57. The van der Waals surface area contributed by atoms with E-state index in [1.165, 1.54) is 0 Å². The van der Waals surface area contributed by atoms with Crippen molar-refractivity contribution in [2.24, 2.45) is 0 Å². The number of carboxylic acid groups (broad SMARTS) is 2. The zero-order chi connectivity index (χ0) is 13.2. The van der Waals surface area contributed by atoms with Crippen molar-refractivity contribution < 1.29 is 34.8 Å². The van der Waals surface area contributed by atoms with E-state index in [9.17, 15) is 24.6 Å². The van der Waals surface area contributed by atoms with E-state index in [0.717, 1.165) is 6.08 Å². The SMILES string of the molecule is O=C(O)C(=O)N[C@@H]1CC(C(=O)O)=C[C@@H](O)[C@H]1O. The molecule has 94 valence electrons. The van der Waals surface area contributed by atoms with Crippen molar-refractivity contribution in [3.8, 4) is 0 Å². The van der Waals surface area contributed by atoms with Gasteiger partial charge >= 0.3 is 17.8 Å². The largest absolute Gasteiger partial charge is 0.478 e. The second kappa shape index (κ2) is 4.93. The van der Waals surface area contributed by atoms with Gasteiger partial charge in [-0.1, -0.05) is 0 Å². The monoisotopic (exact) mass is 245 g/mol. The van der Waals surface area contributed by atoms with Gasteiger partial charge in [-0.15, -0.1) is 0 Å². The van der Waals surface area contributed by atoms with E-state index in [1.807, 2.05) is 5.32 Å². The smallest absolute Gasteiger partial charge is 0.394 e. The Kier molecular flexibility index (Phi) is 3.81. The van der Waals surface area contributed by atoms with Crippen LogP contribution in [-0.2, 0) is 14.4 Å². The van der Waals surface area contributed by atoms with Crippen molar-refractivity contribution in [1.29, 1.82) is 0 Å². The maximum Gasteiger partial charge on any atom is 0.394 e. The average molecular weight is 245 g/mol. The molecule has 0 unspecified atom stereocenters. The maximum atomic E-state index is 10.9. The normalized spacial score (nSPS) is 28.1. The minimum absolute atomic E-state index is 0.196. The van der Waals surface area contributed by atoms with Crippen LogP contribution >= 0.6 is 0 Å². The molecule has 3 atom stereocenters. The molecule has 5 N–H and O–H groups in total. The lowest BCUT2D eigenvalue weighted by Crippen LogP contribution is -2.52. The topological polar surface area (TPSA) is 144 Å². The Morgan fingerprint density at radius 1 is 1.24 bits per heavy atom. The van der Waals surface area contributed by atoms with Crippen LogP contribution in [0.1, 0.15) is 6.42 Å². The van der Waals surface area contributed by atoms with E-state index in [-0.39, 0.29) is 12.0 Å². The second-order valence-corrected chi connectivity index (χ2v) is 3.57. The number of amides is 1. The fraction of sp³-hybridized carbons (Fsp3) is 0.444. The zero-order valence-corrected chi connectivity index (χ0v) is 8.53. The van der Waals surface area contributed by atoms with Crippen molar-refractivity contribution in [3.63, 3.8) is 0 Å². The third kappa shape index (κ3) is 3.02. The van der Waals surface area contributed by atoms with Crippen LogP contribution in [0.2, 0.25) is 0 Å². The molecular weight excluding hydrogens is 234 g/mol. The molecule has 0 aliphatic heterocycles. The first-order chi connectivity index (χ1) is 7.82. The van der Waals surface area contributed by atoms with Crippen LogP contribution in [0.25, 0.3) is 0 Å². The molecule has 1 rings (SSSR count). The number of rotatable bonds is 2. The summed E-state index contributed by atoms with van der Waals surface area (Å²) in [5, 5.41) is 37.8. The van der Waals surface area contributed by atoms with Gasteiger partial charge < -0.3 is 25.7 Å². The van der Waals surface area contributed by atoms with Crippen LogP contribution in [0.5, 0.6) is 0 Å². The van der Waals surface area contributed by atoms with Gasteiger partial charge in [0.2, 0.25) is 0 Å². The Bertz CT molecular complexity index is 389. The standard InChI is InChI=1S/C9H11NO7/c11-5-2-3(8(14)15)1-4(6(5)12)10-7(13)9(16)17/h2,4-6,11-12H,1H2,(H,10,13)(H,14,15)(H,16,17)/t4-,5-,6+/m1/s1. The fourth-order valence-corrected chi connectivity index (χ4v) is 1.49. The van der Waals surface area contributed by atoms with Crippen LogP contribution in [0, 0.1) is 0 Å². The molecule has 1 aliphatic rings. The van der Waals surface area contributed by atoms with Gasteiger partial charge in [0, 0.05) is 12.0 Å². The number of carbonyl (C=O) groups is 3. The molecule has 0 saturated heterocycles. The Morgan fingerprint density at radius 2 is 1.82 bits per heavy atom. The molecule has 0 heterocycles. The highest BCUT2D eigenvalue weighted by molar-refractivity contribution is 6.31. The van der Waals surface area contributed by atoms with Crippen molar-refractivity contribution >= 4 is 17.8 Å². The molecule has 0 saturated carbocycles. The molecule has 1 amide bonds. The summed E-state index contributed by atoms with van der Waals surface area (Å²) in [6, 6.07) is -1.15. The number of nitrogens with one attached hydrogen (secondary N) is 1. The Hall–Kier alpha value is -1.93. The van der Waals surface area contributed by atoms with Gasteiger partial charge in [0.25, 0.3) is 0 Å². The summed E-state index contributed by atoms with van der Waals surface area (Å²) in [6.07, 6.45) is -2.21. The van der Waals surface area contributed by atoms with Crippen LogP contribution in [0.4, 0.5) is 0 Å². The van der Waals surface area contributed by atoms with Crippen molar-refractivity contribution in [2.75, 3.05) is 0 Å².